The number of nitrogens with zero attached hydrogens (tertiary/aromatic N) is 1. The Kier molecular flexibility index (Phi) is 3.93. The Bertz CT molecular complexity index is 455. The number of hydrogen-bond donors (Lipinski definition) is 1. The number of benzene rings is 1. The van der Waals surface area contributed by atoms with E-state index >= 15 is 0 Å². The summed E-state index contributed by atoms with van der Waals surface area (Å²) in [5, 5.41) is 9.83. The lowest BCUT2D eigenvalue weighted by atomic mass is 9.82. The molecule has 1 aliphatic carbocycles. The van der Waals surface area contributed by atoms with Gasteiger partial charge in [0.25, 0.3) is 5.91 Å². The molecule has 98 valence electrons. The molecule has 1 aliphatic rings. The molecule has 1 aromatic carbocycles. The molecule has 3 nitrogen and oxygen atoms in total. The fraction of sp³-hybridized carbons (Fsp3) is 0.500. The third-order valence-electron chi connectivity index (χ3n) is 3.52. The first kappa shape index (κ1) is 13.4. The van der Waals surface area contributed by atoms with E-state index in [0.29, 0.717) is 23.0 Å². The average molecular weight is 268 g/mol. The molecule has 18 heavy (non-hydrogen) atoms. The maximum absolute atomic E-state index is 12.3. The van der Waals surface area contributed by atoms with E-state index in [1.165, 1.54) is 0 Å². The van der Waals surface area contributed by atoms with Gasteiger partial charge in [0.15, 0.2) is 0 Å². The second kappa shape index (κ2) is 5.29. The van der Waals surface area contributed by atoms with Crippen molar-refractivity contribution in [2.24, 2.45) is 5.92 Å². The van der Waals surface area contributed by atoms with Crippen molar-refractivity contribution in [3.63, 3.8) is 0 Å². The summed E-state index contributed by atoms with van der Waals surface area (Å²) in [6.07, 6.45) is 1.42. The number of aliphatic hydroxyl groups excluding tert-OH is 1. The standard InChI is InChI=1S/C14H18ClNO2/c1-9-3-4-11(15)7-13(9)14(18)16(2)8-10-5-12(17)6-10/h3-4,7,10,12,17H,5-6,8H2,1-2H3. The third-order valence-corrected chi connectivity index (χ3v) is 3.75. The number of carbonyl (C=O) groups is 1. The van der Waals surface area contributed by atoms with E-state index in [2.05, 4.69) is 0 Å². The predicted molar refractivity (Wildman–Crippen MR) is 71.9 cm³/mol. The van der Waals surface area contributed by atoms with E-state index in [0.717, 1.165) is 18.4 Å². The van der Waals surface area contributed by atoms with E-state index in [1.807, 2.05) is 13.0 Å². The molecule has 0 heterocycles. The summed E-state index contributed by atoms with van der Waals surface area (Å²) in [5.41, 5.74) is 1.59. The van der Waals surface area contributed by atoms with E-state index in [4.69, 9.17) is 11.6 Å². The zero-order valence-corrected chi connectivity index (χ0v) is 11.4. The van der Waals surface area contributed by atoms with Gasteiger partial charge >= 0.3 is 0 Å². The predicted octanol–water partition coefficient (Wildman–Crippen LogP) is 2.49. The van der Waals surface area contributed by atoms with E-state index in [1.54, 1.807) is 24.1 Å². The zero-order chi connectivity index (χ0) is 13.3. The van der Waals surface area contributed by atoms with Gasteiger partial charge in [-0.3, -0.25) is 4.79 Å². The molecule has 0 atom stereocenters. The molecule has 4 heteroatoms. The van der Waals surface area contributed by atoms with Gasteiger partial charge in [-0.15, -0.1) is 0 Å². The van der Waals surface area contributed by atoms with Crippen LogP contribution in [0, 0.1) is 12.8 Å². The summed E-state index contributed by atoms with van der Waals surface area (Å²) < 4.78 is 0. The van der Waals surface area contributed by atoms with Crippen LogP contribution in [0.4, 0.5) is 0 Å². The maximum Gasteiger partial charge on any atom is 0.253 e. The Morgan fingerprint density at radius 1 is 1.50 bits per heavy atom. The SMILES string of the molecule is Cc1ccc(Cl)cc1C(=O)N(C)CC1CC(O)C1. The second-order valence-corrected chi connectivity index (χ2v) is 5.57. The first-order valence-corrected chi connectivity index (χ1v) is 6.55. The van der Waals surface area contributed by atoms with Crippen LogP contribution in [0.5, 0.6) is 0 Å². The van der Waals surface area contributed by atoms with Gasteiger partial charge < -0.3 is 10.0 Å². The lowest BCUT2D eigenvalue weighted by Crippen LogP contribution is -2.39. The van der Waals surface area contributed by atoms with Gasteiger partial charge in [-0.1, -0.05) is 17.7 Å². The molecule has 1 amide bonds. The summed E-state index contributed by atoms with van der Waals surface area (Å²) in [5.74, 6) is 0.421. The van der Waals surface area contributed by atoms with Crippen LogP contribution >= 0.6 is 11.6 Å². The normalized spacial score (nSPS) is 22.4. The Labute approximate surface area is 112 Å². The molecule has 0 aromatic heterocycles. The van der Waals surface area contributed by atoms with Crippen molar-refractivity contribution < 1.29 is 9.90 Å². The summed E-state index contributed by atoms with van der Waals surface area (Å²) in [4.78, 5) is 14.0. The van der Waals surface area contributed by atoms with Crippen LogP contribution in [0.1, 0.15) is 28.8 Å². The van der Waals surface area contributed by atoms with Crippen molar-refractivity contribution in [1.82, 2.24) is 4.90 Å². The molecule has 0 saturated heterocycles. The number of rotatable bonds is 3. The molecule has 0 unspecified atom stereocenters. The molecule has 1 N–H and O–H groups in total. The number of hydrogen-bond acceptors (Lipinski definition) is 2. The molecule has 2 rings (SSSR count). The van der Waals surface area contributed by atoms with Crippen LogP contribution in [0.15, 0.2) is 18.2 Å². The Balaban J connectivity index is 2.03. The van der Waals surface area contributed by atoms with Crippen LogP contribution in [0.2, 0.25) is 5.02 Å². The van der Waals surface area contributed by atoms with Crippen LogP contribution in [-0.4, -0.2) is 35.6 Å². The fourth-order valence-electron chi connectivity index (χ4n) is 2.35. The highest BCUT2D eigenvalue weighted by atomic mass is 35.5. The van der Waals surface area contributed by atoms with Gasteiger partial charge in [-0.25, -0.2) is 0 Å². The van der Waals surface area contributed by atoms with Crippen molar-refractivity contribution in [2.45, 2.75) is 25.9 Å². The maximum atomic E-state index is 12.3. The van der Waals surface area contributed by atoms with Gasteiger partial charge in [0.2, 0.25) is 0 Å². The van der Waals surface area contributed by atoms with Gasteiger partial charge in [-0.05, 0) is 43.4 Å². The van der Waals surface area contributed by atoms with Crippen LogP contribution < -0.4 is 0 Å². The quantitative estimate of drug-likeness (QED) is 0.914. The van der Waals surface area contributed by atoms with Gasteiger partial charge in [0.05, 0.1) is 6.10 Å². The van der Waals surface area contributed by atoms with Gasteiger partial charge in [-0.2, -0.15) is 0 Å². The largest absolute Gasteiger partial charge is 0.393 e. The minimum absolute atomic E-state index is 0.00334. The molecule has 1 saturated carbocycles. The van der Waals surface area contributed by atoms with Crippen molar-refractivity contribution >= 4 is 17.5 Å². The van der Waals surface area contributed by atoms with Gasteiger partial charge in [0.1, 0.15) is 0 Å². The van der Waals surface area contributed by atoms with Crippen LogP contribution in [0.25, 0.3) is 0 Å². The van der Waals surface area contributed by atoms with E-state index < -0.39 is 0 Å². The van der Waals surface area contributed by atoms with Crippen molar-refractivity contribution in [1.29, 1.82) is 0 Å². The first-order chi connectivity index (χ1) is 8.47. The molecular weight excluding hydrogens is 250 g/mol. The lowest BCUT2D eigenvalue weighted by molar-refractivity contribution is 0.0265. The monoisotopic (exact) mass is 267 g/mol. The molecule has 1 fully saturated rings. The summed E-state index contributed by atoms with van der Waals surface area (Å²) in [6.45, 7) is 2.60. The lowest BCUT2D eigenvalue weighted by Gasteiger charge is -2.34. The van der Waals surface area contributed by atoms with Crippen molar-refractivity contribution in [3.8, 4) is 0 Å². The molecule has 0 radical (unpaired) electrons. The number of aliphatic hydroxyl groups is 1. The Morgan fingerprint density at radius 3 is 2.78 bits per heavy atom. The van der Waals surface area contributed by atoms with Crippen molar-refractivity contribution in [2.75, 3.05) is 13.6 Å². The highest BCUT2D eigenvalue weighted by Crippen LogP contribution is 2.28. The minimum atomic E-state index is -0.175. The smallest absolute Gasteiger partial charge is 0.253 e. The first-order valence-electron chi connectivity index (χ1n) is 6.17. The fourth-order valence-corrected chi connectivity index (χ4v) is 2.52. The highest BCUT2D eigenvalue weighted by Gasteiger charge is 2.29. The van der Waals surface area contributed by atoms with Crippen LogP contribution in [0.3, 0.4) is 0 Å². The molecule has 0 bridgehead atoms. The Hall–Kier alpha value is -1.06. The molecule has 1 aromatic rings. The van der Waals surface area contributed by atoms with Crippen molar-refractivity contribution in [3.05, 3.63) is 34.3 Å². The molecular formula is C14H18ClNO2. The number of amides is 1. The molecule has 0 spiro atoms. The topological polar surface area (TPSA) is 40.5 Å². The second-order valence-electron chi connectivity index (χ2n) is 5.14. The average Bonchev–Trinajstić information content (AvgIpc) is 2.29. The zero-order valence-electron chi connectivity index (χ0n) is 10.7. The molecule has 0 aliphatic heterocycles. The third kappa shape index (κ3) is 2.85. The minimum Gasteiger partial charge on any atom is -0.393 e. The van der Waals surface area contributed by atoms with Crippen LogP contribution in [-0.2, 0) is 0 Å². The summed E-state index contributed by atoms with van der Waals surface area (Å²) in [6, 6.07) is 5.36. The summed E-state index contributed by atoms with van der Waals surface area (Å²) in [7, 11) is 1.80. The van der Waals surface area contributed by atoms with Gasteiger partial charge in [0, 0.05) is 24.2 Å². The summed E-state index contributed by atoms with van der Waals surface area (Å²) >= 11 is 5.93. The number of halogens is 1. The Morgan fingerprint density at radius 2 is 2.17 bits per heavy atom. The number of aryl methyl sites for hydroxylation is 1. The van der Waals surface area contributed by atoms with E-state index in [-0.39, 0.29) is 12.0 Å². The van der Waals surface area contributed by atoms with E-state index in [9.17, 15) is 9.90 Å². The highest BCUT2D eigenvalue weighted by molar-refractivity contribution is 6.31. The number of carbonyl (C=O) groups excluding carboxylic acids is 1.